The third-order valence-electron chi connectivity index (χ3n) is 9.72. The minimum absolute atomic E-state index is 0.00810. The number of anilines is 1. The van der Waals surface area contributed by atoms with Crippen molar-refractivity contribution in [2.75, 3.05) is 18.9 Å². The van der Waals surface area contributed by atoms with Gasteiger partial charge in [0, 0.05) is 54.2 Å². The molecule has 12 nitrogen and oxygen atoms in total. The number of fused-ring (bicyclic) bond motifs is 6. The van der Waals surface area contributed by atoms with Crippen molar-refractivity contribution < 1.29 is 48.7 Å². The molecule has 0 amide bonds. The Hall–Kier alpha value is -3.39. The number of ether oxygens (including phenoxy) is 4. The fourth-order valence-corrected chi connectivity index (χ4v) is 7.53. The van der Waals surface area contributed by atoms with E-state index in [2.05, 4.69) is 4.90 Å². The van der Waals surface area contributed by atoms with Crippen molar-refractivity contribution in [3.8, 4) is 11.5 Å². The van der Waals surface area contributed by atoms with Gasteiger partial charge in [0.1, 0.15) is 29.4 Å². The zero-order valence-corrected chi connectivity index (χ0v) is 24.0. The van der Waals surface area contributed by atoms with Crippen LogP contribution >= 0.6 is 0 Å². The summed E-state index contributed by atoms with van der Waals surface area (Å²) in [5.41, 5.74) is 3.29. The minimum atomic E-state index is -1.97. The molecule has 43 heavy (non-hydrogen) atoms. The van der Waals surface area contributed by atoms with Gasteiger partial charge in [0.15, 0.2) is 23.6 Å². The fraction of sp³-hybridized carbons (Fsp3) is 0.516. The van der Waals surface area contributed by atoms with Crippen molar-refractivity contribution >= 4 is 23.0 Å². The Morgan fingerprint density at radius 1 is 1.07 bits per heavy atom. The summed E-state index contributed by atoms with van der Waals surface area (Å²) in [7, 11) is 0. The van der Waals surface area contributed by atoms with Crippen molar-refractivity contribution in [1.29, 1.82) is 0 Å². The van der Waals surface area contributed by atoms with Crippen LogP contribution in [0.25, 0.3) is 0 Å². The fourth-order valence-electron chi connectivity index (χ4n) is 7.53. The van der Waals surface area contributed by atoms with E-state index in [0.717, 1.165) is 0 Å². The first-order valence-electron chi connectivity index (χ1n) is 14.6. The molecule has 2 aromatic rings. The predicted octanol–water partition coefficient (Wildman–Crippen LogP) is 1.73. The number of hydrogen-bond donors (Lipinski definition) is 4. The van der Waals surface area contributed by atoms with Gasteiger partial charge in [-0.2, -0.15) is 0 Å². The molecule has 3 fully saturated rings. The molecule has 228 valence electrons. The maximum atomic E-state index is 13.7. The number of Topliss-reactive ketones (excluding diaryl/α,β-unsaturated/α-hetero) is 1. The summed E-state index contributed by atoms with van der Waals surface area (Å²) in [4.78, 5) is 42.2. The van der Waals surface area contributed by atoms with E-state index < -0.39 is 52.4 Å². The monoisotopic (exact) mass is 594 g/mol. The number of nitrogens with zero attached hydrogens (tertiary/aromatic N) is 1. The standard InChI is InChI=1S/C31H34N2O10/c1-12-29-18(33-7-8-40-13(2)30(33)43-29)9-20(41-12)42-19-11-31(39,14(3)34)10-16-22(19)28(38)24-23(26(16)36)25(35)15-5-4-6-17(32)21(15)27(24)37/h4-6,12-13,18-20,29-30,36,38-39H,7-11,32H2,1-3H3/t12-,13+,18?,19-,20-,29+,30+,31-/m0/s1. The van der Waals surface area contributed by atoms with Gasteiger partial charge in [-0.15, -0.1) is 0 Å². The lowest BCUT2D eigenvalue weighted by Gasteiger charge is -2.43. The van der Waals surface area contributed by atoms with Gasteiger partial charge in [-0.1, -0.05) is 12.1 Å². The van der Waals surface area contributed by atoms with Crippen molar-refractivity contribution in [1.82, 2.24) is 4.90 Å². The topological polar surface area (TPSA) is 178 Å². The zero-order valence-electron chi connectivity index (χ0n) is 24.0. The van der Waals surface area contributed by atoms with Crippen molar-refractivity contribution in [2.24, 2.45) is 0 Å². The predicted molar refractivity (Wildman–Crippen MR) is 149 cm³/mol. The zero-order chi connectivity index (χ0) is 30.5. The van der Waals surface area contributed by atoms with Crippen LogP contribution in [0.15, 0.2) is 18.2 Å². The molecule has 0 radical (unpaired) electrons. The molecule has 0 aromatic heterocycles. The van der Waals surface area contributed by atoms with Crippen LogP contribution in [0, 0.1) is 0 Å². The number of phenols is 2. The molecule has 8 atom stereocenters. The Morgan fingerprint density at radius 2 is 1.81 bits per heavy atom. The molecule has 2 aromatic carbocycles. The lowest BCUT2D eigenvalue weighted by Crippen LogP contribution is -2.54. The van der Waals surface area contributed by atoms with Gasteiger partial charge in [-0.25, -0.2) is 0 Å². The van der Waals surface area contributed by atoms with E-state index in [1.54, 1.807) is 0 Å². The molecule has 5 N–H and O–H groups in total. The first-order valence-corrected chi connectivity index (χ1v) is 14.6. The van der Waals surface area contributed by atoms with E-state index in [-0.39, 0.29) is 76.9 Å². The Balaban J connectivity index is 1.30. The van der Waals surface area contributed by atoms with Crippen LogP contribution in [0.4, 0.5) is 5.69 Å². The summed E-state index contributed by atoms with van der Waals surface area (Å²) in [6.07, 6.45) is -3.20. The number of carbonyl (C=O) groups is 3. The van der Waals surface area contributed by atoms with Crippen molar-refractivity contribution in [3.63, 3.8) is 0 Å². The molecule has 12 heteroatoms. The molecule has 2 aliphatic carbocycles. The van der Waals surface area contributed by atoms with Crippen LogP contribution in [-0.4, -0.2) is 93.2 Å². The van der Waals surface area contributed by atoms with Gasteiger partial charge in [0.25, 0.3) is 0 Å². The quantitative estimate of drug-likeness (QED) is 0.255. The molecule has 1 unspecified atom stereocenters. The number of phenolic OH excluding ortho intramolecular Hbond substituents is 2. The number of morpholine rings is 1. The maximum absolute atomic E-state index is 13.7. The SMILES string of the molecule is CC(=O)[C@]1(O)Cc2c(O)c3c(c(O)c2[C@@H](O[C@H]2CC4[C@H](O[C@@H]5[C@@H](C)OCCN45)[C@H](C)O2)C1)C(=O)c1c(N)cccc1C3=O. The van der Waals surface area contributed by atoms with Gasteiger partial charge in [-0.3, -0.25) is 19.3 Å². The van der Waals surface area contributed by atoms with E-state index >= 15 is 0 Å². The summed E-state index contributed by atoms with van der Waals surface area (Å²) in [5, 5.41) is 34.6. The number of nitrogens with two attached hydrogens (primary N) is 1. The number of benzene rings is 2. The third kappa shape index (κ3) is 4.08. The highest BCUT2D eigenvalue weighted by Gasteiger charge is 2.54. The van der Waals surface area contributed by atoms with E-state index in [1.807, 2.05) is 13.8 Å². The third-order valence-corrected chi connectivity index (χ3v) is 9.72. The van der Waals surface area contributed by atoms with Gasteiger partial charge in [0.2, 0.25) is 0 Å². The first kappa shape index (κ1) is 28.4. The van der Waals surface area contributed by atoms with E-state index in [0.29, 0.717) is 19.6 Å². The second-order valence-electron chi connectivity index (χ2n) is 12.2. The van der Waals surface area contributed by atoms with Crippen molar-refractivity contribution in [3.05, 3.63) is 51.6 Å². The van der Waals surface area contributed by atoms with Crippen LogP contribution in [0.2, 0.25) is 0 Å². The smallest absolute Gasteiger partial charge is 0.200 e. The molecular weight excluding hydrogens is 560 g/mol. The molecular formula is C31H34N2O10. The number of ketones is 3. The van der Waals surface area contributed by atoms with E-state index in [4.69, 9.17) is 24.7 Å². The number of aromatic hydroxyl groups is 2. The lowest BCUT2D eigenvalue weighted by atomic mass is 9.72. The van der Waals surface area contributed by atoms with Crippen LogP contribution < -0.4 is 5.73 Å². The number of hydrogen-bond acceptors (Lipinski definition) is 12. The summed E-state index contributed by atoms with van der Waals surface area (Å²) in [6.45, 7) is 6.30. The summed E-state index contributed by atoms with van der Waals surface area (Å²) < 4.78 is 24.7. The average Bonchev–Trinajstić information content (AvgIpc) is 3.34. The second-order valence-corrected chi connectivity index (χ2v) is 12.2. The molecule has 5 aliphatic rings. The molecule has 3 heterocycles. The second kappa shape index (κ2) is 9.81. The lowest BCUT2D eigenvalue weighted by molar-refractivity contribution is -0.247. The van der Waals surface area contributed by atoms with Crippen LogP contribution in [0.5, 0.6) is 11.5 Å². The van der Waals surface area contributed by atoms with E-state index in [1.165, 1.54) is 25.1 Å². The Labute approximate surface area is 247 Å². The molecule has 0 spiro atoms. The molecule has 0 saturated carbocycles. The Bertz CT molecular complexity index is 1570. The summed E-state index contributed by atoms with van der Waals surface area (Å²) in [5.74, 6) is -3.14. The number of rotatable bonds is 3. The maximum Gasteiger partial charge on any atom is 0.200 e. The average molecular weight is 595 g/mol. The number of carbonyl (C=O) groups excluding carboxylic acids is 3. The molecule has 7 rings (SSSR count). The molecule has 3 aliphatic heterocycles. The summed E-state index contributed by atoms with van der Waals surface area (Å²) >= 11 is 0. The first-order chi connectivity index (χ1) is 20.4. The van der Waals surface area contributed by atoms with E-state index in [9.17, 15) is 29.7 Å². The van der Waals surface area contributed by atoms with Crippen molar-refractivity contribution in [2.45, 2.75) is 88.6 Å². The largest absolute Gasteiger partial charge is 0.507 e. The van der Waals surface area contributed by atoms with Gasteiger partial charge in [0.05, 0.1) is 41.6 Å². The van der Waals surface area contributed by atoms with Gasteiger partial charge >= 0.3 is 0 Å². The minimum Gasteiger partial charge on any atom is -0.507 e. The molecule has 3 saturated heterocycles. The van der Waals surface area contributed by atoms with Gasteiger partial charge < -0.3 is 40.0 Å². The summed E-state index contributed by atoms with van der Waals surface area (Å²) in [6, 6.07) is 4.36. The number of nitrogen functional groups attached to an aromatic ring is 1. The van der Waals surface area contributed by atoms with Gasteiger partial charge in [-0.05, 0) is 26.8 Å². The Kier molecular flexibility index (Phi) is 6.48. The van der Waals surface area contributed by atoms with Crippen LogP contribution in [-0.2, 0) is 30.2 Å². The highest BCUT2D eigenvalue weighted by Crippen LogP contribution is 2.52. The Morgan fingerprint density at radius 3 is 2.56 bits per heavy atom. The molecule has 0 bridgehead atoms. The van der Waals surface area contributed by atoms with Crippen LogP contribution in [0.3, 0.4) is 0 Å². The highest BCUT2D eigenvalue weighted by atomic mass is 16.7. The number of aliphatic hydroxyl groups is 1. The van der Waals surface area contributed by atoms with Crippen LogP contribution in [0.1, 0.15) is 82.7 Å². The normalized spacial score (nSPS) is 35.0. The highest BCUT2D eigenvalue weighted by molar-refractivity contribution is 6.32.